The molecule has 0 radical (unpaired) electrons. The molecule has 1 rings (SSSR count). The molecule has 1 heterocycles. The normalized spacial score (nSPS) is 29.7. The first-order valence-corrected chi connectivity index (χ1v) is 8.00. The number of unbranched alkanes of at least 4 members (excludes halogenated alkanes) is 1. The van der Waals surface area contributed by atoms with Crippen LogP contribution in [0.15, 0.2) is 0 Å². The minimum atomic E-state index is 0.393. The zero-order chi connectivity index (χ0) is 13.4. The van der Waals surface area contributed by atoms with Crippen LogP contribution < -0.4 is 5.32 Å². The SMILES string of the molecule is CCCCC(CC)CC1(CNCC)CCOC1C. The molecule has 0 spiro atoms. The molecule has 0 aromatic rings. The molecule has 2 heteroatoms. The van der Waals surface area contributed by atoms with E-state index in [9.17, 15) is 0 Å². The van der Waals surface area contributed by atoms with Crippen LogP contribution in [0.5, 0.6) is 0 Å². The summed E-state index contributed by atoms with van der Waals surface area (Å²) in [5.41, 5.74) is 0.393. The van der Waals surface area contributed by atoms with E-state index in [2.05, 4.69) is 33.0 Å². The predicted molar refractivity (Wildman–Crippen MR) is 78.9 cm³/mol. The van der Waals surface area contributed by atoms with Gasteiger partial charge in [0.05, 0.1) is 6.10 Å². The van der Waals surface area contributed by atoms with E-state index >= 15 is 0 Å². The molecular weight excluding hydrogens is 222 g/mol. The standard InChI is InChI=1S/C16H33NO/c1-5-8-9-15(6-2)12-16(13-17-7-3)10-11-18-14(16)4/h14-15,17H,5-13H2,1-4H3. The molecule has 0 bridgehead atoms. The molecule has 0 amide bonds. The lowest BCUT2D eigenvalue weighted by Crippen LogP contribution is -2.41. The van der Waals surface area contributed by atoms with Crippen molar-refractivity contribution < 1.29 is 4.74 Å². The number of rotatable bonds is 9. The zero-order valence-corrected chi connectivity index (χ0v) is 12.9. The summed E-state index contributed by atoms with van der Waals surface area (Å²) in [4.78, 5) is 0. The maximum absolute atomic E-state index is 5.88. The second kappa shape index (κ2) is 8.16. The Morgan fingerprint density at radius 2 is 2.11 bits per heavy atom. The molecule has 1 aliphatic rings. The molecule has 1 N–H and O–H groups in total. The number of hydrogen-bond acceptors (Lipinski definition) is 2. The van der Waals surface area contributed by atoms with Gasteiger partial charge in [0.15, 0.2) is 0 Å². The summed E-state index contributed by atoms with van der Waals surface area (Å²) in [7, 11) is 0. The molecule has 3 atom stereocenters. The van der Waals surface area contributed by atoms with E-state index in [0.717, 1.165) is 25.6 Å². The largest absolute Gasteiger partial charge is 0.378 e. The number of hydrogen-bond donors (Lipinski definition) is 1. The topological polar surface area (TPSA) is 21.3 Å². The minimum Gasteiger partial charge on any atom is -0.378 e. The average Bonchev–Trinajstić information content (AvgIpc) is 2.74. The maximum atomic E-state index is 5.88. The maximum Gasteiger partial charge on any atom is 0.0616 e. The van der Waals surface area contributed by atoms with E-state index < -0.39 is 0 Å². The van der Waals surface area contributed by atoms with Gasteiger partial charge in [-0.05, 0) is 32.2 Å². The van der Waals surface area contributed by atoms with Crippen LogP contribution >= 0.6 is 0 Å². The highest BCUT2D eigenvalue weighted by atomic mass is 16.5. The van der Waals surface area contributed by atoms with E-state index in [0.29, 0.717) is 11.5 Å². The highest BCUT2D eigenvalue weighted by Gasteiger charge is 2.42. The lowest BCUT2D eigenvalue weighted by molar-refractivity contribution is 0.0477. The first kappa shape index (κ1) is 16.0. The molecule has 0 aromatic heterocycles. The van der Waals surface area contributed by atoms with Crippen LogP contribution in [0.1, 0.15) is 66.2 Å². The summed E-state index contributed by atoms with van der Waals surface area (Å²) < 4.78 is 5.88. The Morgan fingerprint density at radius 1 is 1.33 bits per heavy atom. The first-order valence-electron chi connectivity index (χ1n) is 8.00. The van der Waals surface area contributed by atoms with Crippen molar-refractivity contribution >= 4 is 0 Å². The Balaban J connectivity index is 2.59. The van der Waals surface area contributed by atoms with Gasteiger partial charge in [0, 0.05) is 18.6 Å². The van der Waals surface area contributed by atoms with E-state index in [4.69, 9.17) is 4.74 Å². The quantitative estimate of drug-likeness (QED) is 0.672. The van der Waals surface area contributed by atoms with Gasteiger partial charge in [0.2, 0.25) is 0 Å². The Morgan fingerprint density at radius 3 is 2.61 bits per heavy atom. The number of ether oxygens (including phenoxy) is 1. The van der Waals surface area contributed by atoms with Crippen molar-refractivity contribution in [3.05, 3.63) is 0 Å². The monoisotopic (exact) mass is 255 g/mol. The van der Waals surface area contributed by atoms with Crippen molar-refractivity contribution in [3.8, 4) is 0 Å². The molecule has 1 fully saturated rings. The molecule has 2 nitrogen and oxygen atoms in total. The van der Waals surface area contributed by atoms with Crippen molar-refractivity contribution in [3.63, 3.8) is 0 Å². The van der Waals surface area contributed by atoms with Gasteiger partial charge in [0.25, 0.3) is 0 Å². The van der Waals surface area contributed by atoms with Gasteiger partial charge in [-0.15, -0.1) is 0 Å². The molecule has 1 saturated heterocycles. The third-order valence-corrected chi connectivity index (χ3v) is 4.80. The van der Waals surface area contributed by atoms with Crippen molar-refractivity contribution in [1.29, 1.82) is 0 Å². The molecule has 1 aliphatic heterocycles. The fraction of sp³-hybridized carbons (Fsp3) is 1.00. The summed E-state index contributed by atoms with van der Waals surface area (Å²) in [6.45, 7) is 12.3. The summed E-state index contributed by atoms with van der Waals surface area (Å²) in [6.07, 6.45) is 8.43. The molecule has 0 aromatic carbocycles. The van der Waals surface area contributed by atoms with Crippen LogP contribution in [0.3, 0.4) is 0 Å². The fourth-order valence-corrected chi connectivity index (χ4v) is 3.28. The van der Waals surface area contributed by atoms with Crippen LogP contribution in [-0.2, 0) is 4.74 Å². The van der Waals surface area contributed by atoms with Gasteiger partial charge >= 0.3 is 0 Å². The van der Waals surface area contributed by atoms with E-state index in [-0.39, 0.29) is 0 Å². The minimum absolute atomic E-state index is 0.393. The molecule has 3 unspecified atom stereocenters. The Hall–Kier alpha value is -0.0800. The van der Waals surface area contributed by atoms with Crippen molar-refractivity contribution in [2.75, 3.05) is 19.7 Å². The second-order valence-electron chi connectivity index (χ2n) is 6.03. The molecule has 0 saturated carbocycles. The Kier molecular flexibility index (Phi) is 7.25. The first-order chi connectivity index (χ1) is 8.68. The van der Waals surface area contributed by atoms with Crippen molar-refractivity contribution in [2.45, 2.75) is 72.3 Å². The van der Waals surface area contributed by atoms with E-state index in [1.807, 2.05) is 0 Å². The van der Waals surface area contributed by atoms with Gasteiger partial charge < -0.3 is 10.1 Å². The molecular formula is C16H33NO. The van der Waals surface area contributed by atoms with E-state index in [1.54, 1.807) is 0 Å². The zero-order valence-electron chi connectivity index (χ0n) is 12.9. The van der Waals surface area contributed by atoms with Gasteiger partial charge in [-0.2, -0.15) is 0 Å². The van der Waals surface area contributed by atoms with Crippen LogP contribution in [0.25, 0.3) is 0 Å². The van der Waals surface area contributed by atoms with Gasteiger partial charge in [-0.3, -0.25) is 0 Å². The summed E-state index contributed by atoms with van der Waals surface area (Å²) in [5, 5.41) is 3.57. The summed E-state index contributed by atoms with van der Waals surface area (Å²) in [6, 6.07) is 0. The van der Waals surface area contributed by atoms with Crippen molar-refractivity contribution in [1.82, 2.24) is 5.32 Å². The van der Waals surface area contributed by atoms with Crippen LogP contribution in [0, 0.1) is 11.3 Å². The predicted octanol–water partition coefficient (Wildman–Crippen LogP) is 4.00. The number of nitrogens with one attached hydrogen (secondary N) is 1. The van der Waals surface area contributed by atoms with Crippen molar-refractivity contribution in [2.24, 2.45) is 11.3 Å². The van der Waals surface area contributed by atoms with Crippen LogP contribution in [0.4, 0.5) is 0 Å². The highest BCUT2D eigenvalue weighted by molar-refractivity contribution is 4.92. The lowest BCUT2D eigenvalue weighted by atomic mass is 9.72. The second-order valence-corrected chi connectivity index (χ2v) is 6.03. The Labute approximate surface area is 114 Å². The smallest absolute Gasteiger partial charge is 0.0616 e. The molecule has 0 aliphatic carbocycles. The van der Waals surface area contributed by atoms with Gasteiger partial charge in [-0.25, -0.2) is 0 Å². The highest BCUT2D eigenvalue weighted by Crippen LogP contribution is 2.41. The van der Waals surface area contributed by atoms with Crippen LogP contribution in [-0.4, -0.2) is 25.8 Å². The lowest BCUT2D eigenvalue weighted by Gasteiger charge is -2.36. The van der Waals surface area contributed by atoms with Crippen LogP contribution in [0.2, 0.25) is 0 Å². The van der Waals surface area contributed by atoms with Gasteiger partial charge in [0.1, 0.15) is 0 Å². The summed E-state index contributed by atoms with van der Waals surface area (Å²) in [5.74, 6) is 0.882. The van der Waals surface area contributed by atoms with Gasteiger partial charge in [-0.1, -0.05) is 46.5 Å². The third-order valence-electron chi connectivity index (χ3n) is 4.80. The van der Waals surface area contributed by atoms with E-state index in [1.165, 1.54) is 38.5 Å². The molecule has 108 valence electrons. The average molecular weight is 255 g/mol. The summed E-state index contributed by atoms with van der Waals surface area (Å²) >= 11 is 0. The fourth-order valence-electron chi connectivity index (χ4n) is 3.28. The molecule has 18 heavy (non-hydrogen) atoms. The Bertz CT molecular complexity index is 219. The third kappa shape index (κ3) is 4.24.